The van der Waals surface area contributed by atoms with Crippen molar-refractivity contribution in [1.29, 1.82) is 0 Å². The molecule has 0 unspecified atom stereocenters. The number of sulfonamides is 1. The van der Waals surface area contributed by atoms with Crippen molar-refractivity contribution in [3.05, 3.63) is 60.2 Å². The summed E-state index contributed by atoms with van der Waals surface area (Å²) in [6.45, 7) is 2.59. The Labute approximate surface area is 155 Å². The quantitative estimate of drug-likeness (QED) is 0.780. The molecular formula is C18H24ClN3O2S. The number of hydrogen-bond acceptors (Lipinski definition) is 4. The van der Waals surface area contributed by atoms with Crippen molar-refractivity contribution in [3.8, 4) is 0 Å². The van der Waals surface area contributed by atoms with Gasteiger partial charge in [0.1, 0.15) is 0 Å². The van der Waals surface area contributed by atoms with E-state index in [1.807, 2.05) is 24.3 Å². The molecule has 0 saturated carbocycles. The first-order valence-electron chi connectivity index (χ1n) is 8.17. The molecule has 0 radical (unpaired) electrons. The number of benzene rings is 2. The van der Waals surface area contributed by atoms with Crippen molar-refractivity contribution in [2.24, 2.45) is 0 Å². The average Bonchev–Trinajstić information content (AvgIpc) is 2.57. The molecule has 0 aromatic heterocycles. The van der Waals surface area contributed by atoms with Gasteiger partial charge >= 0.3 is 0 Å². The molecule has 0 spiro atoms. The Morgan fingerprint density at radius 1 is 1.04 bits per heavy atom. The summed E-state index contributed by atoms with van der Waals surface area (Å²) in [6, 6.07) is 16.4. The smallest absolute Gasteiger partial charge is 0.240 e. The number of likely N-dealkylation sites (tertiary alicyclic amines) is 1. The number of halogens is 1. The summed E-state index contributed by atoms with van der Waals surface area (Å²) >= 11 is 0. The zero-order chi connectivity index (χ0) is 17.0. The highest BCUT2D eigenvalue weighted by Gasteiger charge is 2.24. The molecule has 1 fully saturated rings. The Hall–Kier alpha value is -1.60. The fraction of sp³-hybridized carbons (Fsp3) is 0.333. The third-order valence-electron chi connectivity index (χ3n) is 4.32. The average molecular weight is 382 g/mol. The molecule has 0 amide bonds. The third kappa shape index (κ3) is 5.44. The van der Waals surface area contributed by atoms with Crippen LogP contribution in [0, 0.1) is 0 Å². The van der Waals surface area contributed by atoms with Crippen molar-refractivity contribution in [1.82, 2.24) is 9.62 Å². The molecule has 1 aliphatic rings. The van der Waals surface area contributed by atoms with Gasteiger partial charge in [0.15, 0.2) is 0 Å². The van der Waals surface area contributed by atoms with Crippen LogP contribution in [0.5, 0.6) is 0 Å². The number of rotatable bonds is 5. The number of anilines is 1. The van der Waals surface area contributed by atoms with Gasteiger partial charge in [0.25, 0.3) is 0 Å². The molecule has 1 heterocycles. The summed E-state index contributed by atoms with van der Waals surface area (Å²) in [4.78, 5) is 2.66. The summed E-state index contributed by atoms with van der Waals surface area (Å²) < 4.78 is 27.6. The van der Waals surface area contributed by atoms with Crippen LogP contribution >= 0.6 is 12.4 Å². The van der Waals surface area contributed by atoms with E-state index in [2.05, 4.69) is 15.7 Å². The van der Waals surface area contributed by atoms with Crippen LogP contribution in [0.1, 0.15) is 18.4 Å². The normalized spacial score (nSPS) is 16.3. The zero-order valence-corrected chi connectivity index (χ0v) is 15.6. The van der Waals surface area contributed by atoms with E-state index < -0.39 is 10.0 Å². The standard InChI is InChI=1S/C18H23N3O2S.ClH/c19-16-6-4-5-15(13-16)14-21-11-9-17(10-12-21)20-24(22,23)18-7-2-1-3-8-18;/h1-8,13,17,20H,9-12,14,19H2;1H. The number of hydrogen-bond donors (Lipinski definition) is 2. The van der Waals surface area contributed by atoms with Crippen molar-refractivity contribution >= 4 is 28.1 Å². The van der Waals surface area contributed by atoms with Gasteiger partial charge in [-0.2, -0.15) is 0 Å². The molecule has 25 heavy (non-hydrogen) atoms. The first-order valence-corrected chi connectivity index (χ1v) is 9.65. The van der Waals surface area contributed by atoms with E-state index in [4.69, 9.17) is 5.73 Å². The molecule has 1 aliphatic heterocycles. The lowest BCUT2D eigenvalue weighted by Gasteiger charge is -2.32. The zero-order valence-electron chi connectivity index (χ0n) is 14.0. The van der Waals surface area contributed by atoms with Crippen LogP contribution in [-0.2, 0) is 16.6 Å². The van der Waals surface area contributed by atoms with Gasteiger partial charge in [0, 0.05) is 31.4 Å². The minimum Gasteiger partial charge on any atom is -0.399 e. The van der Waals surface area contributed by atoms with Gasteiger partial charge in [-0.05, 0) is 42.7 Å². The fourth-order valence-corrected chi connectivity index (χ4v) is 4.37. The lowest BCUT2D eigenvalue weighted by molar-refractivity contribution is 0.200. The van der Waals surface area contributed by atoms with Crippen LogP contribution in [-0.4, -0.2) is 32.4 Å². The lowest BCUT2D eigenvalue weighted by Crippen LogP contribution is -2.44. The summed E-state index contributed by atoms with van der Waals surface area (Å²) in [5, 5.41) is 0. The van der Waals surface area contributed by atoms with Gasteiger partial charge in [-0.25, -0.2) is 13.1 Å². The third-order valence-corrected chi connectivity index (χ3v) is 5.86. The second-order valence-corrected chi connectivity index (χ2v) is 7.94. The largest absolute Gasteiger partial charge is 0.399 e. The van der Waals surface area contributed by atoms with Gasteiger partial charge in [-0.15, -0.1) is 12.4 Å². The number of nitrogen functional groups attached to an aromatic ring is 1. The van der Waals surface area contributed by atoms with Crippen LogP contribution in [0.2, 0.25) is 0 Å². The molecule has 0 aliphatic carbocycles. The van der Waals surface area contributed by atoms with E-state index in [-0.39, 0.29) is 18.4 Å². The Morgan fingerprint density at radius 2 is 1.72 bits per heavy atom. The molecule has 3 rings (SSSR count). The van der Waals surface area contributed by atoms with Crippen LogP contribution in [0.3, 0.4) is 0 Å². The summed E-state index contributed by atoms with van der Waals surface area (Å²) in [5.41, 5.74) is 7.78. The van der Waals surface area contributed by atoms with Crippen LogP contribution in [0.15, 0.2) is 59.5 Å². The monoisotopic (exact) mass is 381 g/mol. The Balaban J connectivity index is 0.00000225. The highest BCUT2D eigenvalue weighted by atomic mass is 35.5. The SMILES string of the molecule is Cl.Nc1cccc(CN2CCC(NS(=O)(=O)c3ccccc3)CC2)c1. The molecule has 1 saturated heterocycles. The fourth-order valence-electron chi connectivity index (χ4n) is 3.05. The summed E-state index contributed by atoms with van der Waals surface area (Å²) in [7, 11) is -3.43. The topological polar surface area (TPSA) is 75.4 Å². The van der Waals surface area contributed by atoms with Crippen molar-refractivity contribution in [3.63, 3.8) is 0 Å². The van der Waals surface area contributed by atoms with Gasteiger partial charge < -0.3 is 5.73 Å². The highest BCUT2D eigenvalue weighted by molar-refractivity contribution is 7.89. The Kier molecular flexibility index (Phi) is 6.84. The maximum absolute atomic E-state index is 12.4. The molecule has 7 heteroatoms. The number of nitrogens with zero attached hydrogens (tertiary/aromatic N) is 1. The van der Waals surface area contributed by atoms with Gasteiger partial charge in [-0.3, -0.25) is 4.90 Å². The second kappa shape index (κ2) is 8.67. The predicted molar refractivity (Wildman–Crippen MR) is 103 cm³/mol. The molecule has 136 valence electrons. The Bertz CT molecular complexity index is 776. The molecule has 3 N–H and O–H groups in total. The van der Waals surface area contributed by atoms with E-state index in [1.165, 1.54) is 5.56 Å². The van der Waals surface area contributed by atoms with E-state index >= 15 is 0 Å². The van der Waals surface area contributed by atoms with Gasteiger partial charge in [-0.1, -0.05) is 30.3 Å². The summed E-state index contributed by atoms with van der Waals surface area (Å²) in [6.07, 6.45) is 1.63. The number of nitrogens with two attached hydrogens (primary N) is 1. The molecule has 0 bridgehead atoms. The van der Waals surface area contributed by atoms with Crippen LogP contribution < -0.4 is 10.5 Å². The Morgan fingerprint density at radius 3 is 2.36 bits per heavy atom. The highest BCUT2D eigenvalue weighted by Crippen LogP contribution is 2.17. The van der Waals surface area contributed by atoms with E-state index in [9.17, 15) is 8.42 Å². The first-order chi connectivity index (χ1) is 11.5. The van der Waals surface area contributed by atoms with Crippen molar-refractivity contribution in [2.75, 3.05) is 18.8 Å². The first kappa shape index (κ1) is 19.7. The van der Waals surface area contributed by atoms with Gasteiger partial charge in [0.05, 0.1) is 4.90 Å². The minimum atomic E-state index is -3.43. The second-order valence-electron chi connectivity index (χ2n) is 6.23. The van der Waals surface area contributed by atoms with Crippen LogP contribution in [0.25, 0.3) is 0 Å². The molecule has 5 nitrogen and oxygen atoms in total. The number of piperidine rings is 1. The maximum atomic E-state index is 12.4. The van der Waals surface area contributed by atoms with Gasteiger partial charge in [0.2, 0.25) is 10.0 Å². The van der Waals surface area contributed by atoms with Crippen LogP contribution in [0.4, 0.5) is 5.69 Å². The van der Waals surface area contributed by atoms with E-state index in [0.717, 1.165) is 38.2 Å². The van der Waals surface area contributed by atoms with E-state index in [0.29, 0.717) is 4.90 Å². The minimum absolute atomic E-state index is 0. The molecular weight excluding hydrogens is 358 g/mol. The predicted octanol–water partition coefficient (Wildman–Crippen LogP) is 2.63. The molecule has 2 aromatic carbocycles. The molecule has 0 atom stereocenters. The summed E-state index contributed by atoms with van der Waals surface area (Å²) in [5.74, 6) is 0. The van der Waals surface area contributed by atoms with E-state index in [1.54, 1.807) is 24.3 Å². The maximum Gasteiger partial charge on any atom is 0.240 e. The van der Waals surface area contributed by atoms with Crippen molar-refractivity contribution in [2.45, 2.75) is 30.3 Å². The van der Waals surface area contributed by atoms with Crippen molar-refractivity contribution < 1.29 is 8.42 Å². The number of nitrogens with one attached hydrogen (secondary N) is 1. The lowest BCUT2D eigenvalue weighted by atomic mass is 10.1. The molecule has 2 aromatic rings.